The second kappa shape index (κ2) is 5.14. The molecule has 3 rings (SSSR count). The minimum absolute atomic E-state index is 0.188. The number of thiocarbonyl (C=S) groups is 1. The molecule has 2 fully saturated rings. The van der Waals surface area contributed by atoms with Gasteiger partial charge >= 0.3 is 0 Å². The van der Waals surface area contributed by atoms with Crippen molar-refractivity contribution in [3.63, 3.8) is 0 Å². The zero-order chi connectivity index (χ0) is 14.2. The third kappa shape index (κ3) is 2.31. The first kappa shape index (κ1) is 13.5. The molecule has 1 aliphatic heterocycles. The Morgan fingerprint density at radius 2 is 2.05 bits per heavy atom. The van der Waals surface area contributed by atoms with Crippen molar-refractivity contribution < 1.29 is 9.53 Å². The van der Waals surface area contributed by atoms with Crippen LogP contribution in [0.2, 0.25) is 0 Å². The Morgan fingerprint density at radius 3 is 2.65 bits per heavy atom. The number of benzene rings is 1. The van der Waals surface area contributed by atoms with Gasteiger partial charge in [-0.25, -0.2) is 0 Å². The Balaban J connectivity index is 1.77. The van der Waals surface area contributed by atoms with E-state index >= 15 is 0 Å². The van der Waals surface area contributed by atoms with Crippen molar-refractivity contribution in [3.05, 3.63) is 35.9 Å². The van der Waals surface area contributed by atoms with Crippen molar-refractivity contribution in [1.29, 1.82) is 0 Å². The van der Waals surface area contributed by atoms with Crippen LogP contribution in [-0.2, 0) is 14.9 Å². The van der Waals surface area contributed by atoms with E-state index in [0.717, 1.165) is 18.4 Å². The van der Waals surface area contributed by atoms with Crippen molar-refractivity contribution in [2.45, 2.75) is 24.4 Å². The quantitative estimate of drug-likeness (QED) is 0.851. The van der Waals surface area contributed by atoms with Gasteiger partial charge in [0, 0.05) is 6.54 Å². The minimum atomic E-state index is -0.320. The zero-order valence-electron chi connectivity index (χ0n) is 11.2. The van der Waals surface area contributed by atoms with Gasteiger partial charge in [-0.1, -0.05) is 42.5 Å². The van der Waals surface area contributed by atoms with Crippen molar-refractivity contribution in [3.8, 4) is 0 Å². The predicted octanol–water partition coefficient (Wildman–Crippen LogP) is 1.23. The van der Waals surface area contributed by atoms with Gasteiger partial charge < -0.3 is 15.4 Å². The van der Waals surface area contributed by atoms with Crippen LogP contribution in [0.25, 0.3) is 0 Å². The van der Waals surface area contributed by atoms with Crippen LogP contribution in [0, 0.1) is 0 Å². The number of rotatable bonds is 3. The van der Waals surface area contributed by atoms with E-state index in [1.807, 2.05) is 35.2 Å². The van der Waals surface area contributed by atoms with Crippen LogP contribution in [0.1, 0.15) is 18.4 Å². The second-order valence-corrected chi connectivity index (χ2v) is 5.93. The van der Waals surface area contributed by atoms with Gasteiger partial charge in [-0.3, -0.25) is 4.79 Å². The van der Waals surface area contributed by atoms with Crippen LogP contribution in [0.5, 0.6) is 0 Å². The van der Waals surface area contributed by atoms with Crippen LogP contribution >= 0.6 is 12.2 Å². The first-order chi connectivity index (χ1) is 9.63. The standard InChI is InChI=1S/C15H18N2O2S/c16-13(20)12-10-17(8-9-19-12)14(18)15(6-7-15)11-4-2-1-3-5-11/h1-5,12H,6-10H2,(H2,16,20). The highest BCUT2D eigenvalue weighted by atomic mass is 32.1. The lowest BCUT2D eigenvalue weighted by Gasteiger charge is -2.35. The Hall–Kier alpha value is -1.46. The highest BCUT2D eigenvalue weighted by Crippen LogP contribution is 2.49. The molecule has 106 valence electrons. The summed E-state index contributed by atoms with van der Waals surface area (Å²) in [7, 11) is 0. The monoisotopic (exact) mass is 290 g/mol. The molecule has 1 aromatic carbocycles. The lowest BCUT2D eigenvalue weighted by atomic mass is 9.94. The third-order valence-corrected chi connectivity index (χ3v) is 4.42. The summed E-state index contributed by atoms with van der Waals surface area (Å²) in [6, 6.07) is 10.0. The fraction of sp³-hybridized carbons (Fsp3) is 0.467. The normalized spacial score (nSPS) is 24.2. The molecule has 1 unspecified atom stereocenters. The largest absolute Gasteiger partial charge is 0.391 e. The van der Waals surface area contributed by atoms with Crippen LogP contribution in [-0.4, -0.2) is 41.6 Å². The lowest BCUT2D eigenvalue weighted by molar-refractivity contribution is -0.139. The third-order valence-electron chi connectivity index (χ3n) is 4.16. The molecule has 0 radical (unpaired) electrons. The average molecular weight is 290 g/mol. The van der Waals surface area contributed by atoms with Gasteiger partial charge in [-0.2, -0.15) is 0 Å². The van der Waals surface area contributed by atoms with Crippen molar-refractivity contribution in [1.82, 2.24) is 4.90 Å². The van der Waals surface area contributed by atoms with E-state index in [9.17, 15) is 4.79 Å². The summed E-state index contributed by atoms with van der Waals surface area (Å²) in [5, 5.41) is 0. The smallest absolute Gasteiger partial charge is 0.233 e. The molecule has 0 spiro atoms. The Bertz CT molecular complexity index is 528. The SMILES string of the molecule is NC(=S)C1CN(C(=O)C2(c3ccccc3)CC2)CCO1. The van der Waals surface area contributed by atoms with Crippen LogP contribution in [0.3, 0.4) is 0 Å². The molecule has 1 aliphatic carbocycles. The lowest BCUT2D eigenvalue weighted by Crippen LogP contribution is -2.52. The maximum absolute atomic E-state index is 12.8. The molecular formula is C15H18N2O2S. The number of ether oxygens (including phenoxy) is 1. The van der Waals surface area contributed by atoms with Gasteiger partial charge in [0.25, 0.3) is 0 Å². The number of morpholine rings is 1. The van der Waals surface area contributed by atoms with Gasteiger partial charge in [-0.05, 0) is 18.4 Å². The summed E-state index contributed by atoms with van der Waals surface area (Å²) in [5.41, 5.74) is 6.43. The molecule has 1 amide bonds. The average Bonchev–Trinajstić information content (AvgIpc) is 3.29. The fourth-order valence-corrected chi connectivity index (χ4v) is 2.96. The van der Waals surface area contributed by atoms with Crippen LogP contribution < -0.4 is 5.73 Å². The molecule has 5 heteroatoms. The number of carbonyl (C=O) groups is 1. The summed E-state index contributed by atoms with van der Waals surface area (Å²) in [6.07, 6.45) is 1.53. The first-order valence-electron chi connectivity index (χ1n) is 6.89. The van der Waals surface area contributed by atoms with Crippen molar-refractivity contribution >= 4 is 23.1 Å². The molecular weight excluding hydrogens is 272 g/mol. The van der Waals surface area contributed by atoms with Gasteiger partial charge in [0.2, 0.25) is 5.91 Å². The number of hydrogen-bond acceptors (Lipinski definition) is 3. The van der Waals surface area contributed by atoms with E-state index in [4.69, 9.17) is 22.7 Å². The van der Waals surface area contributed by atoms with Gasteiger partial charge in [0.1, 0.15) is 11.1 Å². The number of hydrogen-bond donors (Lipinski definition) is 1. The van der Waals surface area contributed by atoms with Crippen molar-refractivity contribution in [2.75, 3.05) is 19.7 Å². The van der Waals surface area contributed by atoms with Gasteiger partial charge in [0.15, 0.2) is 0 Å². The summed E-state index contributed by atoms with van der Waals surface area (Å²) in [5.74, 6) is 0.188. The second-order valence-electron chi connectivity index (χ2n) is 5.46. The minimum Gasteiger partial charge on any atom is -0.391 e. The molecule has 20 heavy (non-hydrogen) atoms. The number of nitrogens with two attached hydrogens (primary N) is 1. The first-order valence-corrected chi connectivity index (χ1v) is 7.30. The summed E-state index contributed by atoms with van der Waals surface area (Å²) >= 11 is 4.97. The number of nitrogens with zero attached hydrogens (tertiary/aromatic N) is 1. The number of amides is 1. The topological polar surface area (TPSA) is 55.6 Å². The van der Waals surface area contributed by atoms with E-state index in [2.05, 4.69) is 0 Å². The maximum atomic E-state index is 12.8. The van der Waals surface area contributed by atoms with Crippen molar-refractivity contribution in [2.24, 2.45) is 5.73 Å². The summed E-state index contributed by atoms with van der Waals surface area (Å²) in [6.45, 7) is 1.59. The van der Waals surface area contributed by atoms with Crippen LogP contribution in [0.15, 0.2) is 30.3 Å². The molecule has 0 aromatic heterocycles. The fourth-order valence-electron chi connectivity index (χ4n) is 2.82. The van der Waals surface area contributed by atoms with Gasteiger partial charge in [0.05, 0.1) is 18.6 Å². The molecule has 4 nitrogen and oxygen atoms in total. The van der Waals surface area contributed by atoms with Crippen LogP contribution in [0.4, 0.5) is 0 Å². The van der Waals surface area contributed by atoms with E-state index in [1.54, 1.807) is 0 Å². The maximum Gasteiger partial charge on any atom is 0.233 e. The van der Waals surface area contributed by atoms with E-state index in [0.29, 0.717) is 24.7 Å². The summed E-state index contributed by atoms with van der Waals surface area (Å²) < 4.78 is 5.50. The van der Waals surface area contributed by atoms with Gasteiger partial charge in [-0.15, -0.1) is 0 Å². The van der Waals surface area contributed by atoms with E-state index in [1.165, 1.54) is 0 Å². The highest BCUT2D eigenvalue weighted by Gasteiger charge is 2.53. The molecule has 2 aliphatic rings. The molecule has 1 aromatic rings. The molecule has 2 N–H and O–H groups in total. The molecule has 1 saturated carbocycles. The summed E-state index contributed by atoms with van der Waals surface area (Å²) in [4.78, 5) is 15.0. The van der Waals surface area contributed by atoms with E-state index < -0.39 is 0 Å². The van der Waals surface area contributed by atoms with E-state index in [-0.39, 0.29) is 17.4 Å². The molecule has 0 bridgehead atoms. The Kier molecular flexibility index (Phi) is 3.48. The Morgan fingerprint density at radius 1 is 1.35 bits per heavy atom. The predicted molar refractivity (Wildman–Crippen MR) is 80.5 cm³/mol. The molecule has 1 saturated heterocycles. The Labute approximate surface area is 123 Å². The molecule has 1 heterocycles. The highest BCUT2D eigenvalue weighted by molar-refractivity contribution is 7.80. The molecule has 1 atom stereocenters. The number of carbonyl (C=O) groups excluding carboxylic acids is 1. The zero-order valence-corrected chi connectivity index (χ0v) is 12.1.